The highest BCUT2D eigenvalue weighted by Gasteiger charge is 2.31. The first kappa shape index (κ1) is 16.1. The molecule has 1 N–H and O–H groups in total. The van der Waals surface area contributed by atoms with Crippen molar-refractivity contribution in [2.75, 3.05) is 19.6 Å². The lowest BCUT2D eigenvalue weighted by atomic mass is 10.1. The average Bonchev–Trinajstić information content (AvgIpc) is 3.31. The summed E-state index contributed by atoms with van der Waals surface area (Å²) >= 11 is 0. The number of benzene rings is 1. The topological polar surface area (TPSA) is 80.5 Å². The third-order valence-corrected chi connectivity index (χ3v) is 4.79. The second-order valence-corrected chi connectivity index (χ2v) is 6.66. The van der Waals surface area contributed by atoms with E-state index in [0.29, 0.717) is 24.8 Å². The molecule has 7 heteroatoms. The number of hydrogen-bond donors (Lipinski definition) is 1. The van der Waals surface area contributed by atoms with E-state index in [1.54, 1.807) is 6.92 Å². The minimum absolute atomic E-state index is 0.00618. The number of nitrogens with zero attached hydrogens (tertiary/aromatic N) is 3. The normalized spacial score (nSPS) is 22.6. The van der Waals surface area contributed by atoms with E-state index in [4.69, 9.17) is 9.26 Å². The summed E-state index contributed by atoms with van der Waals surface area (Å²) in [6.45, 7) is 3.52. The standard InChI is InChI=1S/C18H22N4O3/c1-12-20-18(21-25-12)15-6-4-8-22(15)11-17(23)19-10-14-9-13-5-2-3-7-16(13)24-14/h2-3,5,7,14-15H,4,6,8-11H2,1H3,(H,19,23). The molecule has 4 rings (SSSR count). The largest absolute Gasteiger partial charge is 0.488 e. The first-order valence-corrected chi connectivity index (χ1v) is 8.74. The van der Waals surface area contributed by atoms with Crippen LogP contribution >= 0.6 is 0 Å². The van der Waals surface area contributed by atoms with Crippen LogP contribution in [0.3, 0.4) is 0 Å². The molecule has 0 spiro atoms. The Bertz CT molecular complexity index is 735. The maximum atomic E-state index is 12.3. The quantitative estimate of drug-likeness (QED) is 0.890. The van der Waals surface area contributed by atoms with Gasteiger partial charge in [0.25, 0.3) is 0 Å². The number of hydrogen-bond acceptors (Lipinski definition) is 6. The molecule has 2 aromatic rings. The van der Waals surface area contributed by atoms with Crippen molar-refractivity contribution in [2.24, 2.45) is 0 Å². The molecule has 0 aliphatic carbocycles. The molecule has 132 valence electrons. The van der Waals surface area contributed by atoms with Crippen molar-refractivity contribution < 1.29 is 14.1 Å². The lowest BCUT2D eigenvalue weighted by Gasteiger charge is -2.21. The van der Waals surface area contributed by atoms with Gasteiger partial charge < -0.3 is 14.6 Å². The van der Waals surface area contributed by atoms with Gasteiger partial charge in [0.2, 0.25) is 11.8 Å². The predicted octanol–water partition coefficient (Wildman–Crippen LogP) is 1.63. The van der Waals surface area contributed by atoms with Crippen LogP contribution in [0.15, 0.2) is 28.8 Å². The molecule has 2 aliphatic heterocycles. The Morgan fingerprint density at radius 1 is 1.40 bits per heavy atom. The van der Waals surface area contributed by atoms with Crippen LogP contribution in [0.5, 0.6) is 5.75 Å². The van der Waals surface area contributed by atoms with Crippen LogP contribution in [0.2, 0.25) is 0 Å². The molecule has 1 saturated heterocycles. The Labute approximate surface area is 146 Å². The molecule has 7 nitrogen and oxygen atoms in total. The molecule has 1 aromatic carbocycles. The fourth-order valence-electron chi connectivity index (χ4n) is 3.59. The molecule has 0 saturated carbocycles. The Morgan fingerprint density at radius 3 is 3.08 bits per heavy atom. The first-order chi connectivity index (χ1) is 12.2. The van der Waals surface area contributed by atoms with Crippen molar-refractivity contribution in [3.05, 3.63) is 41.5 Å². The number of likely N-dealkylation sites (tertiary alicyclic amines) is 1. The lowest BCUT2D eigenvalue weighted by Crippen LogP contribution is -2.41. The number of nitrogens with one attached hydrogen (secondary N) is 1. The molecule has 0 bridgehead atoms. The number of amides is 1. The zero-order valence-corrected chi connectivity index (χ0v) is 14.3. The predicted molar refractivity (Wildman–Crippen MR) is 90.2 cm³/mol. The fraction of sp³-hybridized carbons (Fsp3) is 0.500. The Balaban J connectivity index is 1.28. The Kier molecular flexibility index (Phi) is 4.40. The fourth-order valence-corrected chi connectivity index (χ4v) is 3.59. The van der Waals surface area contributed by atoms with Crippen molar-refractivity contribution in [2.45, 2.75) is 38.3 Å². The molecule has 1 aromatic heterocycles. The van der Waals surface area contributed by atoms with Gasteiger partial charge in [-0.2, -0.15) is 4.98 Å². The summed E-state index contributed by atoms with van der Waals surface area (Å²) in [6.07, 6.45) is 2.83. The third-order valence-electron chi connectivity index (χ3n) is 4.79. The van der Waals surface area contributed by atoms with Gasteiger partial charge in [-0.15, -0.1) is 0 Å². The van der Waals surface area contributed by atoms with Crippen LogP contribution in [0.1, 0.15) is 36.2 Å². The van der Waals surface area contributed by atoms with E-state index >= 15 is 0 Å². The Hall–Kier alpha value is -2.41. The summed E-state index contributed by atoms with van der Waals surface area (Å²) in [5, 5.41) is 7.00. The third kappa shape index (κ3) is 3.51. The summed E-state index contributed by atoms with van der Waals surface area (Å²) in [7, 11) is 0. The summed E-state index contributed by atoms with van der Waals surface area (Å²) in [4.78, 5) is 18.8. The number of carbonyl (C=O) groups is 1. The van der Waals surface area contributed by atoms with Gasteiger partial charge in [0.05, 0.1) is 19.1 Å². The van der Waals surface area contributed by atoms with Gasteiger partial charge in [-0.25, -0.2) is 0 Å². The second kappa shape index (κ2) is 6.84. The van der Waals surface area contributed by atoms with E-state index in [2.05, 4.69) is 26.4 Å². The minimum Gasteiger partial charge on any atom is -0.488 e. The molecule has 2 atom stereocenters. The number of carbonyl (C=O) groups excluding carboxylic acids is 1. The van der Waals surface area contributed by atoms with Gasteiger partial charge in [-0.1, -0.05) is 23.4 Å². The molecule has 3 heterocycles. The zero-order chi connectivity index (χ0) is 17.2. The van der Waals surface area contributed by atoms with E-state index in [-0.39, 0.29) is 18.1 Å². The van der Waals surface area contributed by atoms with E-state index in [1.807, 2.05) is 18.2 Å². The summed E-state index contributed by atoms with van der Waals surface area (Å²) in [5.74, 6) is 2.17. The van der Waals surface area contributed by atoms with Crippen LogP contribution in [-0.4, -0.2) is 46.7 Å². The van der Waals surface area contributed by atoms with Crippen LogP contribution in [0, 0.1) is 6.92 Å². The van der Waals surface area contributed by atoms with E-state index in [0.717, 1.165) is 31.6 Å². The van der Waals surface area contributed by atoms with Crippen molar-refractivity contribution in [3.8, 4) is 5.75 Å². The van der Waals surface area contributed by atoms with Crippen molar-refractivity contribution >= 4 is 5.91 Å². The van der Waals surface area contributed by atoms with Gasteiger partial charge in [0, 0.05) is 13.3 Å². The number of rotatable bonds is 5. The van der Waals surface area contributed by atoms with Crippen LogP contribution < -0.4 is 10.1 Å². The van der Waals surface area contributed by atoms with Crippen LogP contribution in [0.4, 0.5) is 0 Å². The molecule has 1 fully saturated rings. The number of fused-ring (bicyclic) bond motifs is 1. The van der Waals surface area contributed by atoms with Gasteiger partial charge in [0.1, 0.15) is 11.9 Å². The number of para-hydroxylation sites is 1. The number of aromatic nitrogens is 2. The smallest absolute Gasteiger partial charge is 0.234 e. The molecule has 1 amide bonds. The SMILES string of the molecule is Cc1nc(C2CCCN2CC(=O)NCC2Cc3ccccc3O2)no1. The number of aryl methyl sites for hydroxylation is 1. The van der Waals surface area contributed by atoms with E-state index < -0.39 is 0 Å². The van der Waals surface area contributed by atoms with Gasteiger partial charge >= 0.3 is 0 Å². The van der Waals surface area contributed by atoms with Crippen molar-refractivity contribution in [1.29, 1.82) is 0 Å². The summed E-state index contributed by atoms with van der Waals surface area (Å²) in [6, 6.07) is 8.08. The maximum absolute atomic E-state index is 12.3. The molecular weight excluding hydrogens is 320 g/mol. The molecular formula is C18H22N4O3. The molecule has 2 unspecified atom stereocenters. The van der Waals surface area contributed by atoms with Gasteiger partial charge in [-0.3, -0.25) is 9.69 Å². The number of ether oxygens (including phenoxy) is 1. The zero-order valence-electron chi connectivity index (χ0n) is 14.3. The van der Waals surface area contributed by atoms with Gasteiger partial charge in [-0.05, 0) is 31.0 Å². The van der Waals surface area contributed by atoms with Crippen molar-refractivity contribution in [1.82, 2.24) is 20.4 Å². The highest BCUT2D eigenvalue weighted by Crippen LogP contribution is 2.30. The maximum Gasteiger partial charge on any atom is 0.234 e. The highest BCUT2D eigenvalue weighted by atomic mass is 16.5. The van der Waals surface area contributed by atoms with E-state index in [9.17, 15) is 4.79 Å². The highest BCUT2D eigenvalue weighted by molar-refractivity contribution is 5.78. The lowest BCUT2D eigenvalue weighted by molar-refractivity contribution is -0.122. The summed E-state index contributed by atoms with van der Waals surface area (Å²) < 4.78 is 10.9. The minimum atomic E-state index is 0.00618. The second-order valence-electron chi connectivity index (χ2n) is 6.66. The van der Waals surface area contributed by atoms with Crippen LogP contribution in [-0.2, 0) is 11.2 Å². The molecule has 25 heavy (non-hydrogen) atoms. The van der Waals surface area contributed by atoms with Gasteiger partial charge in [0.15, 0.2) is 5.82 Å². The van der Waals surface area contributed by atoms with E-state index in [1.165, 1.54) is 5.56 Å². The monoisotopic (exact) mass is 342 g/mol. The Morgan fingerprint density at radius 2 is 2.28 bits per heavy atom. The molecule has 0 radical (unpaired) electrons. The first-order valence-electron chi connectivity index (χ1n) is 8.74. The molecule has 2 aliphatic rings. The summed E-state index contributed by atoms with van der Waals surface area (Å²) in [5.41, 5.74) is 1.20. The van der Waals surface area contributed by atoms with Crippen LogP contribution in [0.25, 0.3) is 0 Å². The van der Waals surface area contributed by atoms with Crippen molar-refractivity contribution in [3.63, 3.8) is 0 Å². The average molecular weight is 342 g/mol.